The van der Waals surface area contributed by atoms with Crippen molar-refractivity contribution in [3.63, 3.8) is 0 Å². The number of anilines is 2. The Hall–Kier alpha value is -3.85. The quantitative estimate of drug-likeness (QED) is 0.534. The third-order valence-electron chi connectivity index (χ3n) is 6.12. The Kier molecular flexibility index (Phi) is 5.49. The van der Waals surface area contributed by atoms with Gasteiger partial charge in [0.2, 0.25) is 5.91 Å². The highest BCUT2D eigenvalue weighted by molar-refractivity contribution is 6.31. The highest BCUT2D eigenvalue weighted by Gasteiger charge is 2.35. The Labute approximate surface area is 199 Å². The van der Waals surface area contributed by atoms with Crippen LogP contribution in [-0.4, -0.2) is 36.0 Å². The predicted molar refractivity (Wildman–Crippen MR) is 126 cm³/mol. The van der Waals surface area contributed by atoms with E-state index < -0.39 is 17.8 Å². The summed E-state index contributed by atoms with van der Waals surface area (Å²) >= 11 is 6.36. The molecule has 0 radical (unpaired) electrons. The largest absolute Gasteiger partial charge is 0.354 e. The van der Waals surface area contributed by atoms with E-state index >= 15 is 0 Å². The lowest BCUT2D eigenvalue weighted by molar-refractivity contribution is -0.123. The number of carbonyl (C=O) groups is 3. The van der Waals surface area contributed by atoms with Gasteiger partial charge in [0, 0.05) is 29.9 Å². The minimum absolute atomic E-state index is 0.135. The number of hydrogen-bond donors (Lipinski definition) is 3. The van der Waals surface area contributed by atoms with Crippen molar-refractivity contribution in [2.24, 2.45) is 0 Å². The van der Waals surface area contributed by atoms with Gasteiger partial charge in [-0.05, 0) is 42.3 Å². The van der Waals surface area contributed by atoms with Crippen LogP contribution in [0.15, 0.2) is 48.5 Å². The maximum Gasteiger partial charge on any atom is 0.326 e. The van der Waals surface area contributed by atoms with E-state index in [1.807, 2.05) is 24.3 Å². The lowest BCUT2D eigenvalue weighted by Gasteiger charge is -2.29. The molecule has 1 atom stereocenters. The monoisotopic (exact) mass is 481 g/mol. The molecule has 0 saturated carbocycles. The van der Waals surface area contributed by atoms with Crippen molar-refractivity contribution in [2.75, 3.05) is 23.8 Å². The number of para-hydroxylation sites is 1. The number of carbonyl (C=O) groups excluding carboxylic acids is 3. The lowest BCUT2D eigenvalue weighted by Crippen LogP contribution is -2.41. The van der Waals surface area contributed by atoms with Crippen LogP contribution in [0.25, 0.3) is 0 Å². The van der Waals surface area contributed by atoms with Gasteiger partial charge in [0.15, 0.2) is 0 Å². The van der Waals surface area contributed by atoms with Crippen LogP contribution in [-0.2, 0) is 17.8 Å². The zero-order chi connectivity index (χ0) is 24.0. The first kappa shape index (κ1) is 22.0. The Morgan fingerprint density at radius 3 is 2.76 bits per heavy atom. The third-order valence-corrected chi connectivity index (χ3v) is 6.47. The van der Waals surface area contributed by atoms with Crippen LogP contribution in [0.4, 0.5) is 20.6 Å². The van der Waals surface area contributed by atoms with Crippen molar-refractivity contribution in [2.45, 2.75) is 19.0 Å². The van der Waals surface area contributed by atoms with Gasteiger partial charge in [-0.3, -0.25) is 14.5 Å². The molecule has 3 aromatic rings. The summed E-state index contributed by atoms with van der Waals surface area (Å²) in [5, 5.41) is 8.52. The van der Waals surface area contributed by atoms with Crippen molar-refractivity contribution < 1.29 is 18.8 Å². The number of nitrogens with one attached hydrogen (secondary N) is 3. The van der Waals surface area contributed by atoms with Crippen LogP contribution in [0.3, 0.4) is 0 Å². The molecule has 0 bridgehead atoms. The molecule has 34 heavy (non-hydrogen) atoms. The molecule has 2 aliphatic heterocycles. The summed E-state index contributed by atoms with van der Waals surface area (Å²) < 4.78 is 15.6. The fourth-order valence-corrected chi connectivity index (χ4v) is 4.80. The lowest BCUT2D eigenvalue weighted by atomic mass is 10.0. The van der Waals surface area contributed by atoms with Crippen molar-refractivity contribution in [3.8, 4) is 0 Å². The number of halogens is 2. The third kappa shape index (κ3) is 3.67. The van der Waals surface area contributed by atoms with E-state index in [9.17, 15) is 18.8 Å². The number of benzene rings is 2. The van der Waals surface area contributed by atoms with Crippen LogP contribution in [0.2, 0.25) is 5.02 Å². The van der Waals surface area contributed by atoms with Gasteiger partial charge in [0.1, 0.15) is 18.1 Å². The van der Waals surface area contributed by atoms with Crippen LogP contribution >= 0.6 is 11.6 Å². The molecule has 0 fully saturated rings. The standard InChI is InChI=1S/C24H21ClFN5O3/c1-27-23(33)19-11-17(28-24(34)30-9-8-13-4-2-3-5-18(13)30)22-21(29-20(32)12-31(19)22)15-10-14(26)6-7-16(15)25/h2-7,10-11,21H,8-9,12H2,1H3,(H,27,33)(H,28,34)(H,29,32). The summed E-state index contributed by atoms with van der Waals surface area (Å²) in [7, 11) is 1.48. The number of nitrogens with zero attached hydrogens (tertiary/aromatic N) is 2. The molecule has 5 rings (SSSR count). The van der Waals surface area contributed by atoms with Gasteiger partial charge in [-0.1, -0.05) is 29.8 Å². The van der Waals surface area contributed by atoms with Crippen LogP contribution < -0.4 is 20.9 Å². The molecule has 10 heteroatoms. The Bertz CT molecular complexity index is 1340. The Balaban J connectivity index is 1.60. The van der Waals surface area contributed by atoms with Crippen molar-refractivity contribution in [1.82, 2.24) is 15.2 Å². The van der Waals surface area contributed by atoms with Gasteiger partial charge in [0.25, 0.3) is 5.91 Å². The van der Waals surface area contributed by atoms with E-state index in [0.29, 0.717) is 23.5 Å². The zero-order valence-corrected chi connectivity index (χ0v) is 18.9. The molecule has 3 N–H and O–H groups in total. The normalized spacial score (nSPS) is 16.5. The summed E-state index contributed by atoms with van der Waals surface area (Å²) in [5.41, 5.74) is 3.17. The predicted octanol–water partition coefficient (Wildman–Crippen LogP) is 3.45. The summed E-state index contributed by atoms with van der Waals surface area (Å²) in [6.07, 6.45) is 0.735. The molecule has 0 spiro atoms. The first-order valence-electron chi connectivity index (χ1n) is 10.7. The van der Waals surface area contributed by atoms with Crippen molar-refractivity contribution in [3.05, 3.63) is 81.9 Å². The molecule has 1 unspecified atom stereocenters. The molecule has 2 aromatic carbocycles. The molecule has 174 valence electrons. The van der Waals surface area contributed by atoms with Gasteiger partial charge in [-0.15, -0.1) is 0 Å². The molecular weight excluding hydrogens is 461 g/mol. The van der Waals surface area contributed by atoms with Crippen LogP contribution in [0.1, 0.15) is 33.4 Å². The van der Waals surface area contributed by atoms with Gasteiger partial charge < -0.3 is 20.5 Å². The number of rotatable bonds is 3. The van der Waals surface area contributed by atoms with E-state index in [2.05, 4.69) is 16.0 Å². The Morgan fingerprint density at radius 1 is 1.18 bits per heavy atom. The van der Waals surface area contributed by atoms with Gasteiger partial charge >= 0.3 is 6.03 Å². The number of fused-ring (bicyclic) bond motifs is 2. The highest BCUT2D eigenvalue weighted by atomic mass is 35.5. The fraction of sp³-hybridized carbons (Fsp3) is 0.208. The SMILES string of the molecule is CNC(=O)c1cc(NC(=O)N2CCc3ccccc32)c2n1CC(=O)NC2c1cc(F)ccc1Cl. The van der Waals surface area contributed by atoms with E-state index in [1.165, 1.54) is 35.9 Å². The van der Waals surface area contributed by atoms with E-state index in [-0.39, 0.29) is 29.2 Å². The molecule has 8 nitrogen and oxygen atoms in total. The van der Waals surface area contributed by atoms with Crippen LogP contribution in [0.5, 0.6) is 0 Å². The minimum atomic E-state index is -0.871. The molecule has 3 heterocycles. The maximum absolute atomic E-state index is 14.1. The van der Waals surface area contributed by atoms with E-state index in [0.717, 1.165) is 17.7 Å². The summed E-state index contributed by atoms with van der Waals surface area (Å²) in [4.78, 5) is 40.1. The van der Waals surface area contributed by atoms with Crippen molar-refractivity contribution in [1.29, 1.82) is 0 Å². The number of urea groups is 1. The van der Waals surface area contributed by atoms with Gasteiger partial charge in [0.05, 0.1) is 17.4 Å². The summed E-state index contributed by atoms with van der Waals surface area (Å²) in [6, 6.07) is 11.8. The molecule has 0 aliphatic carbocycles. The molecule has 2 aliphatic rings. The van der Waals surface area contributed by atoms with E-state index in [1.54, 1.807) is 4.90 Å². The topological polar surface area (TPSA) is 95.5 Å². The molecule has 4 amide bonds. The first-order chi connectivity index (χ1) is 16.4. The second kappa shape index (κ2) is 8.49. The number of aromatic nitrogens is 1. The van der Waals surface area contributed by atoms with E-state index in [4.69, 9.17) is 11.6 Å². The van der Waals surface area contributed by atoms with Crippen molar-refractivity contribution >= 4 is 40.8 Å². The number of hydrogen-bond acceptors (Lipinski definition) is 3. The second-order valence-electron chi connectivity index (χ2n) is 8.12. The second-order valence-corrected chi connectivity index (χ2v) is 8.53. The molecular formula is C24H21ClFN5O3. The fourth-order valence-electron chi connectivity index (χ4n) is 4.57. The molecule has 0 saturated heterocycles. The highest BCUT2D eigenvalue weighted by Crippen LogP contribution is 2.38. The number of amides is 4. The summed E-state index contributed by atoms with van der Waals surface area (Å²) in [6.45, 7) is 0.378. The zero-order valence-electron chi connectivity index (χ0n) is 18.2. The van der Waals surface area contributed by atoms with Crippen LogP contribution in [0, 0.1) is 5.82 Å². The summed E-state index contributed by atoms with van der Waals surface area (Å²) in [5.74, 6) is -1.32. The average Bonchev–Trinajstić information content (AvgIpc) is 3.41. The average molecular weight is 482 g/mol. The first-order valence-corrected chi connectivity index (χ1v) is 11.1. The van der Waals surface area contributed by atoms with Gasteiger partial charge in [-0.25, -0.2) is 9.18 Å². The smallest absolute Gasteiger partial charge is 0.326 e. The minimum Gasteiger partial charge on any atom is -0.354 e. The van der Waals surface area contributed by atoms with Gasteiger partial charge in [-0.2, -0.15) is 0 Å². The maximum atomic E-state index is 14.1. The Morgan fingerprint density at radius 2 is 1.97 bits per heavy atom. The molecule has 1 aromatic heterocycles.